The maximum Gasteiger partial charge on any atom is 0.307 e. The van der Waals surface area contributed by atoms with E-state index in [1.807, 2.05) is 25.1 Å². The van der Waals surface area contributed by atoms with Gasteiger partial charge < -0.3 is 20.3 Å². The number of nitrogens with zero attached hydrogens (tertiary/aromatic N) is 3. The molecule has 2 aromatic carbocycles. The Balaban J connectivity index is 1.18. The molecule has 4 rings (SSSR count). The van der Waals surface area contributed by atoms with E-state index >= 15 is 0 Å². The Morgan fingerprint density at radius 3 is 2.66 bits per heavy atom. The van der Waals surface area contributed by atoms with Gasteiger partial charge in [-0.15, -0.1) is 11.3 Å². The van der Waals surface area contributed by atoms with Gasteiger partial charge in [-0.1, -0.05) is 18.2 Å². The van der Waals surface area contributed by atoms with Crippen molar-refractivity contribution in [2.75, 3.05) is 51.2 Å². The number of aryl methyl sites for hydroxylation is 1. The van der Waals surface area contributed by atoms with Gasteiger partial charge in [-0.2, -0.15) is 0 Å². The Bertz CT molecular complexity index is 1180. The molecule has 0 aliphatic carbocycles. The van der Waals surface area contributed by atoms with Crippen LogP contribution in [0, 0.1) is 6.92 Å². The van der Waals surface area contributed by atoms with Crippen molar-refractivity contribution in [2.24, 2.45) is 0 Å². The highest BCUT2D eigenvalue weighted by Crippen LogP contribution is 2.25. The number of carboxylic acid groups (broad SMARTS) is 1. The van der Waals surface area contributed by atoms with Crippen LogP contribution in [-0.4, -0.2) is 88.9 Å². The Labute approximate surface area is 207 Å². The van der Waals surface area contributed by atoms with Gasteiger partial charge in [-0.3, -0.25) is 19.4 Å². The molecule has 1 fully saturated rings. The minimum atomic E-state index is -0.939. The average molecular weight is 499 g/mol. The molecule has 0 saturated carbocycles. The summed E-state index contributed by atoms with van der Waals surface area (Å²) in [7, 11) is 0. The molecule has 0 spiro atoms. The summed E-state index contributed by atoms with van der Waals surface area (Å²) in [4.78, 5) is 32.2. The van der Waals surface area contributed by atoms with E-state index in [0.717, 1.165) is 28.3 Å². The lowest BCUT2D eigenvalue weighted by molar-refractivity contribution is -0.136. The van der Waals surface area contributed by atoms with Gasteiger partial charge in [-0.25, -0.2) is 4.98 Å². The van der Waals surface area contributed by atoms with Crippen molar-refractivity contribution in [3.8, 4) is 5.75 Å². The van der Waals surface area contributed by atoms with Crippen LogP contribution in [0.2, 0.25) is 0 Å². The number of ether oxygens (including phenoxy) is 1. The molecular weight excluding hydrogens is 468 g/mol. The van der Waals surface area contributed by atoms with Crippen molar-refractivity contribution >= 4 is 39.1 Å². The van der Waals surface area contributed by atoms with E-state index in [1.54, 1.807) is 35.6 Å². The molecule has 2 heterocycles. The molecule has 35 heavy (non-hydrogen) atoms. The summed E-state index contributed by atoms with van der Waals surface area (Å²) < 4.78 is 6.90. The number of hydrogen-bond acceptors (Lipinski definition) is 8. The van der Waals surface area contributed by atoms with Gasteiger partial charge in [0.2, 0.25) is 5.91 Å². The van der Waals surface area contributed by atoms with Crippen LogP contribution in [0.25, 0.3) is 10.2 Å². The normalized spacial score (nSPS) is 15.7. The number of β-amino-alcohol motifs (C(OH)–C–C–N with tert-alkyl or cyclic N) is 1. The highest BCUT2D eigenvalue weighted by atomic mass is 32.1. The van der Waals surface area contributed by atoms with Crippen molar-refractivity contribution in [2.45, 2.75) is 19.4 Å². The van der Waals surface area contributed by atoms with Crippen LogP contribution >= 0.6 is 11.3 Å². The second kappa shape index (κ2) is 11.6. The third-order valence-corrected chi connectivity index (χ3v) is 6.79. The lowest BCUT2D eigenvalue weighted by Crippen LogP contribution is -2.50. The number of carbonyl (C=O) groups is 2. The van der Waals surface area contributed by atoms with E-state index < -0.39 is 12.1 Å². The first-order valence-electron chi connectivity index (χ1n) is 11.6. The second-order valence-electron chi connectivity index (χ2n) is 8.68. The van der Waals surface area contributed by atoms with Crippen LogP contribution in [-0.2, 0) is 16.0 Å². The zero-order valence-corrected chi connectivity index (χ0v) is 20.5. The van der Waals surface area contributed by atoms with E-state index in [1.165, 1.54) is 0 Å². The van der Waals surface area contributed by atoms with Crippen molar-refractivity contribution in [3.05, 3.63) is 53.0 Å². The SMILES string of the molecule is Cc1nc2cc(OC[C@H](O)CN3CCN(CC(=O)Nc4ccccc4CC(=O)O)CC3)ccc2s1. The standard InChI is InChI=1S/C25H30N4O5S/c1-17-26-22-13-20(6-7-23(22)35-17)34-16-19(30)14-28-8-10-29(11-9-28)15-24(31)27-21-5-3-2-4-18(21)12-25(32)33/h2-7,13,19,30H,8-12,14-16H2,1H3,(H,27,31)(H,32,33)/t19-/m1/s1. The predicted octanol–water partition coefficient (Wildman–Crippen LogP) is 2.23. The van der Waals surface area contributed by atoms with Crippen LogP contribution in [0.5, 0.6) is 5.75 Å². The maximum atomic E-state index is 12.5. The third kappa shape index (κ3) is 7.22. The number of para-hydroxylation sites is 1. The maximum absolute atomic E-state index is 12.5. The molecule has 186 valence electrons. The predicted molar refractivity (Wildman–Crippen MR) is 135 cm³/mol. The Hall–Kier alpha value is -3.05. The third-order valence-electron chi connectivity index (χ3n) is 5.84. The average Bonchev–Trinajstić information content (AvgIpc) is 3.19. The molecule has 1 aliphatic rings. The number of anilines is 1. The van der Waals surface area contributed by atoms with E-state index in [4.69, 9.17) is 9.84 Å². The summed E-state index contributed by atoms with van der Waals surface area (Å²) in [5.41, 5.74) is 2.02. The van der Waals surface area contributed by atoms with Gasteiger partial charge >= 0.3 is 5.97 Å². The smallest absolute Gasteiger partial charge is 0.307 e. The number of thiazole rings is 1. The molecule has 0 unspecified atom stereocenters. The molecule has 1 atom stereocenters. The molecule has 0 bridgehead atoms. The lowest BCUT2D eigenvalue weighted by Gasteiger charge is -2.35. The number of carboxylic acids is 1. The summed E-state index contributed by atoms with van der Waals surface area (Å²) in [6, 6.07) is 12.7. The second-order valence-corrected chi connectivity index (χ2v) is 9.91. The number of aromatic nitrogens is 1. The number of rotatable bonds is 10. The first kappa shape index (κ1) is 25.1. The zero-order valence-electron chi connectivity index (χ0n) is 19.6. The summed E-state index contributed by atoms with van der Waals surface area (Å²) in [6.07, 6.45) is -0.760. The summed E-state index contributed by atoms with van der Waals surface area (Å²) in [6.45, 7) is 5.80. The van der Waals surface area contributed by atoms with E-state index in [0.29, 0.717) is 36.6 Å². The Morgan fingerprint density at radius 1 is 1.14 bits per heavy atom. The fourth-order valence-corrected chi connectivity index (χ4v) is 4.94. The molecule has 3 N–H and O–H groups in total. The molecule has 0 radical (unpaired) electrons. The fraction of sp³-hybridized carbons (Fsp3) is 0.400. The van der Waals surface area contributed by atoms with Crippen molar-refractivity contribution in [1.29, 1.82) is 0 Å². The summed E-state index contributed by atoms with van der Waals surface area (Å²) in [5, 5.41) is 23.3. The van der Waals surface area contributed by atoms with Crippen molar-refractivity contribution in [1.82, 2.24) is 14.8 Å². The number of aliphatic hydroxyl groups excluding tert-OH is 1. The first-order chi connectivity index (χ1) is 16.9. The zero-order chi connectivity index (χ0) is 24.8. The van der Waals surface area contributed by atoms with Crippen molar-refractivity contribution in [3.63, 3.8) is 0 Å². The van der Waals surface area contributed by atoms with Crippen LogP contribution in [0.4, 0.5) is 5.69 Å². The molecule has 1 aromatic heterocycles. The summed E-state index contributed by atoms with van der Waals surface area (Å²) in [5.74, 6) is -0.411. The monoisotopic (exact) mass is 498 g/mol. The van der Waals surface area contributed by atoms with Crippen LogP contribution < -0.4 is 10.1 Å². The quantitative estimate of drug-likeness (QED) is 0.390. The number of hydrogen-bond donors (Lipinski definition) is 3. The number of benzene rings is 2. The van der Waals surface area contributed by atoms with Crippen LogP contribution in [0.3, 0.4) is 0 Å². The van der Waals surface area contributed by atoms with Gasteiger partial charge in [0.15, 0.2) is 0 Å². The minimum absolute atomic E-state index is 0.139. The highest BCUT2D eigenvalue weighted by Gasteiger charge is 2.21. The summed E-state index contributed by atoms with van der Waals surface area (Å²) >= 11 is 1.64. The fourth-order valence-electron chi connectivity index (χ4n) is 4.14. The minimum Gasteiger partial charge on any atom is -0.491 e. The number of piperazine rings is 1. The lowest BCUT2D eigenvalue weighted by atomic mass is 10.1. The molecule has 3 aromatic rings. The van der Waals surface area contributed by atoms with E-state index in [2.05, 4.69) is 20.1 Å². The molecule has 9 nitrogen and oxygen atoms in total. The topological polar surface area (TPSA) is 115 Å². The first-order valence-corrected chi connectivity index (χ1v) is 12.4. The number of fused-ring (bicyclic) bond motifs is 1. The van der Waals surface area contributed by atoms with Gasteiger partial charge in [0.05, 0.1) is 28.2 Å². The Kier molecular flexibility index (Phi) is 8.29. The molecule has 10 heteroatoms. The number of carbonyl (C=O) groups excluding carboxylic acids is 1. The highest BCUT2D eigenvalue weighted by molar-refractivity contribution is 7.18. The molecule has 1 amide bonds. The number of nitrogens with one attached hydrogen (secondary N) is 1. The van der Waals surface area contributed by atoms with Gasteiger partial charge in [0.25, 0.3) is 0 Å². The van der Waals surface area contributed by atoms with E-state index in [9.17, 15) is 14.7 Å². The Morgan fingerprint density at radius 2 is 1.89 bits per heavy atom. The molecule has 1 aliphatic heterocycles. The van der Waals surface area contributed by atoms with Gasteiger partial charge in [0, 0.05) is 44.5 Å². The number of aliphatic hydroxyl groups is 1. The van der Waals surface area contributed by atoms with Crippen LogP contribution in [0.15, 0.2) is 42.5 Å². The van der Waals surface area contributed by atoms with Gasteiger partial charge in [-0.05, 0) is 30.7 Å². The van der Waals surface area contributed by atoms with Crippen molar-refractivity contribution < 1.29 is 24.5 Å². The number of amides is 1. The largest absolute Gasteiger partial charge is 0.491 e. The molecule has 1 saturated heterocycles. The van der Waals surface area contributed by atoms with Crippen LogP contribution in [0.1, 0.15) is 10.6 Å². The number of aliphatic carboxylic acids is 1. The van der Waals surface area contributed by atoms with Gasteiger partial charge in [0.1, 0.15) is 18.5 Å². The molecular formula is C25H30N4O5S. The van der Waals surface area contributed by atoms with E-state index in [-0.39, 0.29) is 25.5 Å².